The Hall–Kier alpha value is -2.19. The number of nitrogens with zero attached hydrogens (tertiary/aromatic N) is 2. The van der Waals surface area contributed by atoms with E-state index in [1.165, 1.54) is 43.8 Å². The van der Waals surface area contributed by atoms with E-state index in [9.17, 15) is 13.2 Å². The maximum absolute atomic E-state index is 12.2. The summed E-state index contributed by atoms with van der Waals surface area (Å²) in [5.41, 5.74) is 0.244. The monoisotopic (exact) mass is 327 g/mol. The molecule has 2 rings (SSSR count). The summed E-state index contributed by atoms with van der Waals surface area (Å²) in [7, 11) is -2.63. The number of benzene rings is 1. The molecule has 2 aromatic rings. The molecule has 9 heteroatoms. The van der Waals surface area contributed by atoms with Gasteiger partial charge in [-0.25, -0.2) is 23.2 Å². The molecule has 1 heterocycles. The molecule has 0 saturated carbocycles. The van der Waals surface area contributed by atoms with Gasteiger partial charge in [-0.1, -0.05) is 11.6 Å². The molecule has 0 saturated heterocycles. The van der Waals surface area contributed by atoms with Crippen molar-refractivity contribution in [1.82, 2.24) is 9.97 Å². The lowest BCUT2D eigenvalue weighted by Gasteiger charge is -2.08. The van der Waals surface area contributed by atoms with E-state index in [1.54, 1.807) is 0 Å². The van der Waals surface area contributed by atoms with Crippen molar-refractivity contribution in [3.05, 3.63) is 47.4 Å². The number of carbonyl (C=O) groups is 1. The smallest absolute Gasteiger partial charge is 0.337 e. The lowest BCUT2D eigenvalue weighted by Crippen LogP contribution is -2.14. The predicted molar refractivity (Wildman–Crippen MR) is 75.6 cm³/mol. The predicted octanol–water partition coefficient (Wildman–Crippen LogP) is 1.72. The molecular weight excluding hydrogens is 318 g/mol. The van der Waals surface area contributed by atoms with Gasteiger partial charge in [-0.3, -0.25) is 4.72 Å². The fourth-order valence-corrected chi connectivity index (χ4v) is 2.69. The lowest BCUT2D eigenvalue weighted by atomic mass is 10.2. The van der Waals surface area contributed by atoms with Gasteiger partial charge in [-0.05, 0) is 24.3 Å². The first-order valence-electron chi connectivity index (χ1n) is 5.62. The molecule has 0 fully saturated rings. The summed E-state index contributed by atoms with van der Waals surface area (Å²) in [6.07, 6.45) is 2.65. The van der Waals surface area contributed by atoms with E-state index in [0.29, 0.717) is 0 Å². The van der Waals surface area contributed by atoms with E-state index in [1.807, 2.05) is 0 Å². The number of carbonyl (C=O) groups excluding carboxylic acids is 1. The van der Waals surface area contributed by atoms with Crippen molar-refractivity contribution in [2.75, 3.05) is 11.8 Å². The molecule has 0 aliphatic rings. The Balaban J connectivity index is 2.28. The van der Waals surface area contributed by atoms with Crippen LogP contribution in [-0.2, 0) is 14.8 Å². The number of hydrogen-bond acceptors (Lipinski definition) is 6. The van der Waals surface area contributed by atoms with Gasteiger partial charge in [0.1, 0.15) is 0 Å². The van der Waals surface area contributed by atoms with E-state index in [-0.39, 0.29) is 21.4 Å². The van der Waals surface area contributed by atoms with Crippen molar-refractivity contribution in [3.8, 4) is 0 Å². The van der Waals surface area contributed by atoms with Crippen molar-refractivity contribution < 1.29 is 17.9 Å². The molecule has 0 amide bonds. The third-order valence-electron chi connectivity index (χ3n) is 2.47. The zero-order chi connectivity index (χ0) is 15.5. The van der Waals surface area contributed by atoms with Gasteiger partial charge in [0.05, 0.1) is 17.6 Å². The summed E-state index contributed by atoms with van der Waals surface area (Å²) in [6, 6.07) is 5.25. The summed E-state index contributed by atoms with van der Waals surface area (Å²) in [4.78, 5) is 18.8. The topological polar surface area (TPSA) is 98.2 Å². The molecule has 0 spiro atoms. The Morgan fingerprint density at radius 2 is 1.81 bits per heavy atom. The molecular formula is C12H10ClN3O4S. The first kappa shape index (κ1) is 15.2. The number of hydrogen-bond donors (Lipinski definition) is 1. The first-order valence-corrected chi connectivity index (χ1v) is 7.48. The van der Waals surface area contributed by atoms with Crippen LogP contribution in [0.3, 0.4) is 0 Å². The lowest BCUT2D eigenvalue weighted by molar-refractivity contribution is 0.0600. The summed E-state index contributed by atoms with van der Waals surface area (Å²) in [6.45, 7) is 0. The van der Waals surface area contributed by atoms with Crippen LogP contribution in [0, 0.1) is 0 Å². The normalized spacial score (nSPS) is 11.0. The fourth-order valence-electron chi connectivity index (χ4n) is 1.46. The minimum atomic E-state index is -3.87. The van der Waals surface area contributed by atoms with E-state index >= 15 is 0 Å². The third kappa shape index (κ3) is 3.47. The summed E-state index contributed by atoms with van der Waals surface area (Å²) in [5.74, 6) is -0.625. The number of aromatic nitrogens is 2. The maximum atomic E-state index is 12.2. The zero-order valence-electron chi connectivity index (χ0n) is 10.8. The van der Waals surface area contributed by atoms with Crippen LogP contribution in [0.1, 0.15) is 10.4 Å². The molecule has 1 N–H and O–H groups in total. The molecule has 0 unspecified atom stereocenters. The fraction of sp³-hybridized carbons (Fsp3) is 0.0833. The maximum Gasteiger partial charge on any atom is 0.337 e. The van der Waals surface area contributed by atoms with E-state index in [0.717, 1.165) is 0 Å². The van der Waals surface area contributed by atoms with Crippen LogP contribution < -0.4 is 4.72 Å². The second-order valence-electron chi connectivity index (χ2n) is 3.82. The van der Waals surface area contributed by atoms with Gasteiger partial charge in [0.15, 0.2) is 11.0 Å². The van der Waals surface area contributed by atoms with Crippen LogP contribution in [0.2, 0.25) is 5.15 Å². The van der Waals surface area contributed by atoms with Crippen LogP contribution in [-0.4, -0.2) is 31.5 Å². The van der Waals surface area contributed by atoms with Crippen molar-refractivity contribution in [1.29, 1.82) is 0 Å². The number of halogens is 1. The Kier molecular flexibility index (Phi) is 4.39. The average Bonchev–Trinajstić information content (AvgIpc) is 2.49. The van der Waals surface area contributed by atoms with E-state index in [2.05, 4.69) is 19.4 Å². The van der Waals surface area contributed by atoms with Crippen molar-refractivity contribution in [2.45, 2.75) is 4.90 Å². The Morgan fingerprint density at radius 3 is 2.38 bits per heavy atom. The number of esters is 1. The number of anilines is 1. The van der Waals surface area contributed by atoms with Crippen LogP contribution >= 0.6 is 11.6 Å². The van der Waals surface area contributed by atoms with Crippen LogP contribution in [0.25, 0.3) is 0 Å². The number of rotatable bonds is 4. The molecule has 1 aromatic heterocycles. The van der Waals surface area contributed by atoms with Gasteiger partial charge < -0.3 is 4.74 Å². The van der Waals surface area contributed by atoms with Gasteiger partial charge in [-0.15, -0.1) is 0 Å². The number of sulfonamides is 1. The zero-order valence-corrected chi connectivity index (χ0v) is 12.4. The van der Waals surface area contributed by atoms with Gasteiger partial charge in [-0.2, -0.15) is 0 Å². The quantitative estimate of drug-likeness (QED) is 0.858. The van der Waals surface area contributed by atoms with E-state index in [4.69, 9.17) is 11.6 Å². The van der Waals surface area contributed by atoms with Gasteiger partial charge >= 0.3 is 5.97 Å². The second-order valence-corrected chi connectivity index (χ2v) is 5.86. The molecule has 0 radical (unpaired) electrons. The highest BCUT2D eigenvalue weighted by Gasteiger charge is 2.17. The van der Waals surface area contributed by atoms with Gasteiger partial charge in [0, 0.05) is 12.4 Å². The number of nitrogens with one attached hydrogen (secondary N) is 1. The van der Waals surface area contributed by atoms with Crippen LogP contribution in [0.4, 0.5) is 5.82 Å². The van der Waals surface area contributed by atoms with Crippen molar-refractivity contribution in [2.24, 2.45) is 0 Å². The molecule has 0 atom stereocenters. The highest BCUT2D eigenvalue weighted by Crippen LogP contribution is 2.19. The van der Waals surface area contributed by atoms with Gasteiger partial charge in [0.2, 0.25) is 0 Å². The summed E-state index contributed by atoms with van der Waals surface area (Å²) in [5, 5.41) is -0.0627. The van der Waals surface area contributed by atoms with E-state index < -0.39 is 16.0 Å². The van der Waals surface area contributed by atoms with Crippen LogP contribution in [0.5, 0.6) is 0 Å². The summed E-state index contributed by atoms with van der Waals surface area (Å²) < 4.78 is 31.1. The van der Waals surface area contributed by atoms with Crippen molar-refractivity contribution >= 4 is 33.4 Å². The molecule has 0 aliphatic carbocycles. The third-order valence-corrected chi connectivity index (χ3v) is 4.10. The first-order chi connectivity index (χ1) is 9.94. The molecule has 110 valence electrons. The number of methoxy groups -OCH3 is 1. The minimum absolute atomic E-state index is 0.0446. The highest BCUT2D eigenvalue weighted by atomic mass is 35.5. The highest BCUT2D eigenvalue weighted by molar-refractivity contribution is 7.92. The Bertz CT molecular complexity index is 762. The SMILES string of the molecule is COC(=O)c1ccc(S(=O)(=O)Nc2nccnc2Cl)cc1. The second kappa shape index (κ2) is 6.06. The molecule has 0 aliphatic heterocycles. The molecule has 21 heavy (non-hydrogen) atoms. The molecule has 1 aromatic carbocycles. The Labute approximate surface area is 126 Å². The van der Waals surface area contributed by atoms with Gasteiger partial charge in [0.25, 0.3) is 10.0 Å². The largest absolute Gasteiger partial charge is 0.465 e. The Morgan fingerprint density at radius 1 is 1.19 bits per heavy atom. The molecule has 7 nitrogen and oxygen atoms in total. The standard InChI is InChI=1S/C12H10ClN3O4S/c1-20-12(17)8-2-4-9(5-3-8)21(18,19)16-11-10(13)14-6-7-15-11/h2-7H,1H3,(H,15,16). The van der Waals surface area contributed by atoms with Crippen molar-refractivity contribution in [3.63, 3.8) is 0 Å². The van der Waals surface area contributed by atoms with Crippen LogP contribution in [0.15, 0.2) is 41.6 Å². The molecule has 0 bridgehead atoms. The number of ether oxygens (including phenoxy) is 1. The minimum Gasteiger partial charge on any atom is -0.465 e. The summed E-state index contributed by atoms with van der Waals surface area (Å²) >= 11 is 5.74. The average molecular weight is 328 g/mol.